The Morgan fingerprint density at radius 2 is 1.96 bits per heavy atom. The maximum absolute atomic E-state index is 13.0. The summed E-state index contributed by atoms with van der Waals surface area (Å²) in [4.78, 5) is 21.6. The Kier molecular flexibility index (Phi) is 3.94. The van der Waals surface area contributed by atoms with Gasteiger partial charge in [0.25, 0.3) is 5.91 Å². The average Bonchev–Trinajstić information content (AvgIpc) is 2.97. The first-order chi connectivity index (χ1) is 11.8. The highest BCUT2D eigenvalue weighted by molar-refractivity contribution is 6.00. The number of anilines is 2. The number of ether oxygens (including phenoxy) is 1. The molecule has 5 heteroatoms. The van der Waals surface area contributed by atoms with E-state index < -0.39 is 0 Å². The molecule has 2 aromatic rings. The number of pyridine rings is 1. The molecule has 4 rings (SSSR count). The van der Waals surface area contributed by atoms with Gasteiger partial charge in [0.15, 0.2) is 0 Å². The van der Waals surface area contributed by atoms with Gasteiger partial charge in [-0.2, -0.15) is 0 Å². The molecule has 2 aliphatic rings. The molecule has 2 aliphatic heterocycles. The van der Waals surface area contributed by atoms with Gasteiger partial charge in [0.1, 0.15) is 5.82 Å². The van der Waals surface area contributed by atoms with Crippen LogP contribution in [0.1, 0.15) is 22.8 Å². The standard InChI is InChI=1S/C19H21N3O2/c1-14-13-15-5-2-3-7-17(15)22(14)18-16(6-4-8-20-18)19(23)21-9-11-24-12-10-21/h2-8,14H,9-13H2,1H3. The SMILES string of the molecule is CC1Cc2ccccc2N1c1ncccc1C(=O)N1CCOCC1. The van der Waals surface area contributed by atoms with Gasteiger partial charge in [0.2, 0.25) is 0 Å². The van der Waals surface area contributed by atoms with E-state index in [1.54, 1.807) is 6.20 Å². The van der Waals surface area contributed by atoms with E-state index >= 15 is 0 Å². The number of aromatic nitrogens is 1. The van der Waals surface area contributed by atoms with Crippen LogP contribution in [0.2, 0.25) is 0 Å². The molecule has 0 radical (unpaired) electrons. The van der Waals surface area contributed by atoms with E-state index in [1.807, 2.05) is 23.1 Å². The summed E-state index contributed by atoms with van der Waals surface area (Å²) in [5.74, 6) is 0.796. The monoisotopic (exact) mass is 323 g/mol. The van der Waals surface area contributed by atoms with E-state index in [2.05, 4.69) is 35.0 Å². The summed E-state index contributed by atoms with van der Waals surface area (Å²) in [5.41, 5.74) is 3.13. The van der Waals surface area contributed by atoms with Crippen molar-refractivity contribution in [3.05, 3.63) is 53.7 Å². The minimum atomic E-state index is 0.0398. The highest BCUT2D eigenvalue weighted by atomic mass is 16.5. The summed E-state index contributed by atoms with van der Waals surface area (Å²) in [7, 11) is 0. The zero-order chi connectivity index (χ0) is 16.5. The summed E-state index contributed by atoms with van der Waals surface area (Å²) in [6, 6.07) is 12.4. The number of amides is 1. The second-order valence-corrected chi connectivity index (χ2v) is 6.33. The van der Waals surface area contributed by atoms with Gasteiger partial charge in [-0.25, -0.2) is 4.98 Å². The maximum Gasteiger partial charge on any atom is 0.257 e. The summed E-state index contributed by atoms with van der Waals surface area (Å²) >= 11 is 0. The Morgan fingerprint density at radius 3 is 2.79 bits per heavy atom. The second-order valence-electron chi connectivity index (χ2n) is 6.33. The Morgan fingerprint density at radius 1 is 1.17 bits per heavy atom. The molecule has 0 bridgehead atoms. The van der Waals surface area contributed by atoms with Gasteiger partial charge in [-0.3, -0.25) is 4.79 Å². The molecule has 5 nitrogen and oxygen atoms in total. The number of benzene rings is 1. The number of hydrogen-bond acceptors (Lipinski definition) is 4. The molecule has 3 heterocycles. The fourth-order valence-corrected chi connectivity index (χ4v) is 3.58. The van der Waals surface area contributed by atoms with Crippen molar-refractivity contribution < 1.29 is 9.53 Å². The van der Waals surface area contributed by atoms with Crippen molar-refractivity contribution >= 4 is 17.4 Å². The summed E-state index contributed by atoms with van der Waals surface area (Å²) < 4.78 is 5.36. The van der Waals surface area contributed by atoms with E-state index in [0.717, 1.165) is 17.9 Å². The van der Waals surface area contributed by atoms with Crippen LogP contribution in [0, 0.1) is 0 Å². The van der Waals surface area contributed by atoms with Gasteiger partial charge in [-0.15, -0.1) is 0 Å². The number of carbonyl (C=O) groups is 1. The van der Waals surface area contributed by atoms with Gasteiger partial charge in [-0.05, 0) is 37.1 Å². The first kappa shape index (κ1) is 15.1. The molecule has 1 atom stereocenters. The first-order valence-electron chi connectivity index (χ1n) is 8.45. The van der Waals surface area contributed by atoms with E-state index in [-0.39, 0.29) is 11.9 Å². The quantitative estimate of drug-likeness (QED) is 0.852. The van der Waals surface area contributed by atoms with Crippen LogP contribution in [0.3, 0.4) is 0 Å². The Balaban J connectivity index is 1.73. The second kappa shape index (κ2) is 6.24. The normalized spacial score (nSPS) is 20.1. The number of fused-ring (bicyclic) bond motifs is 1. The third-order valence-electron chi connectivity index (χ3n) is 4.75. The number of carbonyl (C=O) groups excluding carboxylic acids is 1. The van der Waals surface area contributed by atoms with Gasteiger partial charge in [0.05, 0.1) is 18.8 Å². The molecule has 0 spiro atoms. The zero-order valence-electron chi connectivity index (χ0n) is 13.8. The van der Waals surface area contributed by atoms with E-state index in [1.165, 1.54) is 5.56 Å². The molecule has 1 fully saturated rings. The maximum atomic E-state index is 13.0. The zero-order valence-corrected chi connectivity index (χ0v) is 13.8. The van der Waals surface area contributed by atoms with Crippen molar-refractivity contribution in [3.8, 4) is 0 Å². The fraction of sp³-hybridized carbons (Fsp3) is 0.368. The van der Waals surface area contributed by atoms with E-state index in [0.29, 0.717) is 31.9 Å². The van der Waals surface area contributed by atoms with Crippen LogP contribution >= 0.6 is 0 Å². The largest absolute Gasteiger partial charge is 0.378 e. The molecule has 1 saturated heterocycles. The highest BCUT2D eigenvalue weighted by Gasteiger charge is 2.31. The van der Waals surface area contributed by atoms with Crippen molar-refractivity contribution in [2.75, 3.05) is 31.2 Å². The Bertz CT molecular complexity index is 756. The smallest absolute Gasteiger partial charge is 0.257 e. The lowest BCUT2D eigenvalue weighted by molar-refractivity contribution is 0.0303. The summed E-state index contributed by atoms with van der Waals surface area (Å²) in [6.45, 7) is 4.66. The van der Waals surface area contributed by atoms with Crippen molar-refractivity contribution in [1.82, 2.24) is 9.88 Å². The van der Waals surface area contributed by atoms with E-state index in [9.17, 15) is 4.79 Å². The van der Waals surface area contributed by atoms with E-state index in [4.69, 9.17) is 4.74 Å². The number of morpholine rings is 1. The van der Waals surface area contributed by atoms with Crippen LogP contribution in [-0.4, -0.2) is 48.1 Å². The van der Waals surface area contributed by atoms with Gasteiger partial charge >= 0.3 is 0 Å². The van der Waals surface area contributed by atoms with Gasteiger partial charge in [0, 0.05) is 31.0 Å². The molecule has 24 heavy (non-hydrogen) atoms. The van der Waals surface area contributed by atoms with Crippen LogP contribution in [-0.2, 0) is 11.2 Å². The first-order valence-corrected chi connectivity index (χ1v) is 8.45. The minimum Gasteiger partial charge on any atom is -0.378 e. The highest BCUT2D eigenvalue weighted by Crippen LogP contribution is 2.38. The van der Waals surface area contributed by atoms with Gasteiger partial charge < -0.3 is 14.5 Å². The number of para-hydroxylation sites is 1. The molecular formula is C19H21N3O2. The Hall–Kier alpha value is -2.40. The minimum absolute atomic E-state index is 0.0398. The Labute approximate surface area is 141 Å². The lowest BCUT2D eigenvalue weighted by Crippen LogP contribution is -2.41. The summed E-state index contributed by atoms with van der Waals surface area (Å²) in [5, 5.41) is 0. The topological polar surface area (TPSA) is 45.7 Å². The predicted octanol–water partition coefficient (Wildman–Crippen LogP) is 2.64. The van der Waals surface area contributed by atoms with Crippen LogP contribution < -0.4 is 4.90 Å². The molecule has 0 saturated carbocycles. The van der Waals surface area contributed by atoms with Crippen LogP contribution in [0.5, 0.6) is 0 Å². The van der Waals surface area contributed by atoms with Crippen LogP contribution in [0.15, 0.2) is 42.6 Å². The number of hydrogen-bond donors (Lipinski definition) is 0. The average molecular weight is 323 g/mol. The number of nitrogens with zero attached hydrogens (tertiary/aromatic N) is 3. The van der Waals surface area contributed by atoms with Crippen molar-refractivity contribution in [2.45, 2.75) is 19.4 Å². The molecule has 1 unspecified atom stereocenters. The van der Waals surface area contributed by atoms with Gasteiger partial charge in [-0.1, -0.05) is 18.2 Å². The molecule has 0 N–H and O–H groups in total. The van der Waals surface area contributed by atoms with Crippen LogP contribution in [0.4, 0.5) is 11.5 Å². The fourth-order valence-electron chi connectivity index (χ4n) is 3.58. The third kappa shape index (κ3) is 2.55. The molecule has 1 aromatic carbocycles. The third-order valence-corrected chi connectivity index (χ3v) is 4.75. The predicted molar refractivity (Wildman–Crippen MR) is 92.7 cm³/mol. The van der Waals surface area contributed by atoms with Crippen LogP contribution in [0.25, 0.3) is 0 Å². The number of rotatable bonds is 2. The molecule has 0 aliphatic carbocycles. The molecular weight excluding hydrogens is 302 g/mol. The summed E-state index contributed by atoms with van der Waals surface area (Å²) in [6.07, 6.45) is 2.73. The lowest BCUT2D eigenvalue weighted by Gasteiger charge is -2.30. The molecule has 124 valence electrons. The van der Waals surface area contributed by atoms with Crippen molar-refractivity contribution in [2.24, 2.45) is 0 Å². The van der Waals surface area contributed by atoms with Crippen molar-refractivity contribution in [1.29, 1.82) is 0 Å². The molecule has 1 aromatic heterocycles. The van der Waals surface area contributed by atoms with Crippen molar-refractivity contribution in [3.63, 3.8) is 0 Å². The lowest BCUT2D eigenvalue weighted by atomic mass is 10.1. The molecule has 1 amide bonds.